The lowest BCUT2D eigenvalue weighted by Gasteiger charge is -2.16. The second-order valence-electron chi connectivity index (χ2n) is 5.66. The van der Waals surface area contributed by atoms with E-state index in [1.54, 1.807) is 11.1 Å². The van der Waals surface area contributed by atoms with Gasteiger partial charge in [-0.25, -0.2) is 4.98 Å². The van der Waals surface area contributed by atoms with Gasteiger partial charge in [0.25, 0.3) is 0 Å². The van der Waals surface area contributed by atoms with Crippen LogP contribution in [-0.2, 0) is 11.2 Å². The number of anilines is 1. The zero-order valence-corrected chi connectivity index (χ0v) is 16.0. The molecule has 1 fully saturated rings. The van der Waals surface area contributed by atoms with Crippen LogP contribution in [0.25, 0.3) is 0 Å². The van der Waals surface area contributed by atoms with Crippen LogP contribution in [0.2, 0.25) is 5.02 Å². The molecule has 1 saturated heterocycles. The van der Waals surface area contributed by atoms with Crippen LogP contribution in [0.4, 0.5) is 10.8 Å². The van der Waals surface area contributed by atoms with Gasteiger partial charge in [-0.05, 0) is 36.2 Å². The topological polar surface area (TPSA) is 45.6 Å². The molecule has 1 aliphatic rings. The van der Waals surface area contributed by atoms with Crippen molar-refractivity contribution >= 4 is 56.6 Å². The van der Waals surface area contributed by atoms with Crippen LogP contribution >= 0.6 is 34.7 Å². The number of aliphatic imine (C=N–C) groups is 1. The third-order valence-electron chi connectivity index (χ3n) is 3.89. The number of amides is 1. The minimum atomic E-state index is -0.227. The molecule has 7 heteroatoms. The molecule has 2 heterocycles. The first-order chi connectivity index (χ1) is 12.7. The zero-order chi connectivity index (χ0) is 17.9. The van der Waals surface area contributed by atoms with Crippen LogP contribution in [0.1, 0.15) is 5.56 Å². The molecule has 0 bridgehead atoms. The molecular weight excluding hydrogens is 386 g/mol. The van der Waals surface area contributed by atoms with Crippen LogP contribution in [-0.4, -0.2) is 21.3 Å². The molecule has 0 spiro atoms. The number of nitrogens with zero attached hydrogens (tertiary/aromatic N) is 3. The van der Waals surface area contributed by atoms with Crippen molar-refractivity contribution < 1.29 is 4.79 Å². The van der Waals surface area contributed by atoms with Crippen molar-refractivity contribution in [1.82, 2.24) is 4.98 Å². The maximum Gasteiger partial charge on any atom is 0.247 e. The van der Waals surface area contributed by atoms with E-state index in [9.17, 15) is 4.79 Å². The van der Waals surface area contributed by atoms with Gasteiger partial charge >= 0.3 is 0 Å². The second-order valence-corrected chi connectivity index (χ2v) is 8.13. The summed E-state index contributed by atoms with van der Waals surface area (Å²) < 4.78 is 0. The molecule has 4 nitrogen and oxygen atoms in total. The fourth-order valence-corrected chi connectivity index (χ4v) is 4.54. The summed E-state index contributed by atoms with van der Waals surface area (Å²) in [5.74, 6) is 0.0338. The summed E-state index contributed by atoms with van der Waals surface area (Å²) in [6, 6.07) is 17.2. The number of hydrogen-bond acceptors (Lipinski definition) is 5. The summed E-state index contributed by atoms with van der Waals surface area (Å²) in [6.07, 6.45) is 2.34. The third-order valence-corrected chi connectivity index (χ3v) is 5.95. The Morgan fingerprint density at radius 3 is 2.58 bits per heavy atom. The number of para-hydroxylation sites is 1. The van der Waals surface area contributed by atoms with Gasteiger partial charge in [0.15, 0.2) is 5.17 Å². The number of amidine groups is 1. The molecule has 0 aliphatic carbocycles. The number of aromatic nitrogens is 1. The highest BCUT2D eigenvalue weighted by molar-refractivity contribution is 8.16. The Labute approximate surface area is 164 Å². The second kappa shape index (κ2) is 7.61. The van der Waals surface area contributed by atoms with Gasteiger partial charge in [-0.1, -0.05) is 53.7 Å². The molecule has 0 unspecified atom stereocenters. The summed E-state index contributed by atoms with van der Waals surface area (Å²) in [5, 5.41) is 3.65. The van der Waals surface area contributed by atoms with Crippen molar-refractivity contribution in [1.29, 1.82) is 0 Å². The summed E-state index contributed by atoms with van der Waals surface area (Å²) >= 11 is 8.89. The highest BCUT2D eigenvalue weighted by Crippen LogP contribution is 2.35. The Hall–Kier alpha value is -2.15. The van der Waals surface area contributed by atoms with Crippen molar-refractivity contribution in [3.05, 3.63) is 76.8 Å². The van der Waals surface area contributed by atoms with Crippen LogP contribution in [0, 0.1) is 0 Å². The van der Waals surface area contributed by atoms with Gasteiger partial charge in [0.1, 0.15) is 0 Å². The van der Waals surface area contributed by atoms with Crippen molar-refractivity contribution in [3.63, 3.8) is 0 Å². The average Bonchev–Trinajstić information content (AvgIpc) is 3.27. The molecule has 0 N–H and O–H groups in total. The Balaban J connectivity index is 1.66. The van der Waals surface area contributed by atoms with E-state index in [4.69, 9.17) is 11.6 Å². The lowest BCUT2D eigenvalue weighted by Crippen LogP contribution is -2.32. The molecule has 3 aromatic rings. The first kappa shape index (κ1) is 17.3. The van der Waals surface area contributed by atoms with Gasteiger partial charge in [-0.15, -0.1) is 11.3 Å². The molecule has 1 atom stereocenters. The Morgan fingerprint density at radius 2 is 1.88 bits per heavy atom. The highest BCUT2D eigenvalue weighted by atomic mass is 35.5. The van der Waals surface area contributed by atoms with Gasteiger partial charge in [0.2, 0.25) is 11.0 Å². The SMILES string of the molecule is O=C1[C@H](Cc2ccc(Cl)cc2)SC(=Nc2nccs2)N1c1ccccc1. The maximum atomic E-state index is 13.1. The number of benzene rings is 2. The molecule has 0 radical (unpaired) electrons. The Morgan fingerprint density at radius 1 is 1.12 bits per heavy atom. The lowest BCUT2D eigenvalue weighted by atomic mass is 10.1. The van der Waals surface area contributed by atoms with Gasteiger partial charge in [0.05, 0.1) is 10.9 Å². The molecule has 2 aromatic carbocycles. The van der Waals surface area contributed by atoms with Gasteiger partial charge < -0.3 is 0 Å². The van der Waals surface area contributed by atoms with Crippen molar-refractivity contribution in [2.45, 2.75) is 11.7 Å². The van der Waals surface area contributed by atoms with E-state index in [0.717, 1.165) is 11.3 Å². The minimum absolute atomic E-state index is 0.0338. The molecule has 26 heavy (non-hydrogen) atoms. The lowest BCUT2D eigenvalue weighted by molar-refractivity contribution is -0.116. The van der Waals surface area contributed by atoms with E-state index >= 15 is 0 Å². The Kier molecular flexibility index (Phi) is 5.06. The number of thiazole rings is 1. The average molecular weight is 400 g/mol. The predicted molar refractivity (Wildman–Crippen MR) is 110 cm³/mol. The number of carbonyl (C=O) groups is 1. The van der Waals surface area contributed by atoms with E-state index < -0.39 is 0 Å². The first-order valence-electron chi connectivity index (χ1n) is 7.99. The monoisotopic (exact) mass is 399 g/mol. The molecule has 130 valence electrons. The maximum absolute atomic E-state index is 13.1. The largest absolute Gasteiger partial charge is 0.273 e. The van der Waals surface area contributed by atoms with E-state index in [1.807, 2.05) is 60.0 Å². The van der Waals surface area contributed by atoms with Gasteiger partial charge in [0, 0.05) is 16.6 Å². The third kappa shape index (κ3) is 3.67. The molecular formula is C19H14ClN3OS2. The van der Waals surface area contributed by atoms with E-state index in [0.29, 0.717) is 21.7 Å². The number of hydrogen-bond donors (Lipinski definition) is 0. The zero-order valence-electron chi connectivity index (χ0n) is 13.6. The summed E-state index contributed by atoms with van der Waals surface area (Å²) in [6.45, 7) is 0. The van der Waals surface area contributed by atoms with Crippen LogP contribution < -0.4 is 4.90 Å². The normalized spacial score (nSPS) is 18.7. The molecule has 1 aliphatic heterocycles. The van der Waals surface area contributed by atoms with E-state index in [-0.39, 0.29) is 11.2 Å². The van der Waals surface area contributed by atoms with E-state index in [1.165, 1.54) is 23.1 Å². The van der Waals surface area contributed by atoms with Crippen molar-refractivity contribution in [3.8, 4) is 0 Å². The van der Waals surface area contributed by atoms with Crippen molar-refractivity contribution in [2.24, 2.45) is 4.99 Å². The summed E-state index contributed by atoms with van der Waals surface area (Å²) in [7, 11) is 0. The highest BCUT2D eigenvalue weighted by Gasteiger charge is 2.39. The van der Waals surface area contributed by atoms with Crippen LogP contribution in [0.3, 0.4) is 0 Å². The Bertz CT molecular complexity index is 927. The molecule has 4 rings (SSSR count). The molecule has 1 amide bonds. The summed E-state index contributed by atoms with van der Waals surface area (Å²) in [4.78, 5) is 23.6. The molecule has 0 saturated carbocycles. The van der Waals surface area contributed by atoms with Gasteiger partial charge in [-0.2, -0.15) is 4.99 Å². The van der Waals surface area contributed by atoms with E-state index in [2.05, 4.69) is 9.98 Å². The number of carbonyl (C=O) groups excluding carboxylic acids is 1. The number of halogens is 1. The predicted octanol–water partition coefficient (Wildman–Crippen LogP) is 5.18. The standard InChI is InChI=1S/C19H14ClN3OS2/c20-14-8-6-13(7-9-14)12-16-17(24)23(15-4-2-1-3-5-15)19(26-16)22-18-21-10-11-25-18/h1-11,16H,12H2/t16-/m0/s1. The quantitative estimate of drug-likeness (QED) is 0.607. The molecule has 1 aromatic heterocycles. The fraction of sp³-hybridized carbons (Fsp3) is 0.105. The van der Waals surface area contributed by atoms with Crippen molar-refractivity contribution in [2.75, 3.05) is 4.90 Å². The van der Waals surface area contributed by atoms with Crippen LogP contribution in [0.5, 0.6) is 0 Å². The van der Waals surface area contributed by atoms with Gasteiger partial charge in [-0.3, -0.25) is 9.69 Å². The number of rotatable bonds is 4. The number of thioether (sulfide) groups is 1. The first-order valence-corrected chi connectivity index (χ1v) is 10.1. The smallest absolute Gasteiger partial charge is 0.247 e. The minimum Gasteiger partial charge on any atom is -0.273 e. The fourth-order valence-electron chi connectivity index (χ4n) is 2.68. The van der Waals surface area contributed by atoms with Crippen LogP contribution in [0.15, 0.2) is 71.2 Å². The summed E-state index contributed by atoms with van der Waals surface area (Å²) in [5.41, 5.74) is 1.89.